The number of nitrogens with one attached hydrogen (secondary N) is 1. The molecular weight excluding hydrogens is 436 g/mol. The molecule has 3 aromatic rings. The van der Waals surface area contributed by atoms with Crippen molar-refractivity contribution in [1.29, 1.82) is 0 Å². The largest absolute Gasteiger partial charge is 0.335 e. The number of piperazine rings is 1. The highest BCUT2D eigenvalue weighted by molar-refractivity contribution is 6.01. The van der Waals surface area contributed by atoms with E-state index in [9.17, 15) is 9.59 Å². The molecule has 1 N–H and O–H groups in total. The maximum absolute atomic E-state index is 13.7. The molecule has 1 aromatic heterocycles. The quantitative estimate of drug-likeness (QED) is 0.555. The minimum Gasteiger partial charge on any atom is -0.335 e. The van der Waals surface area contributed by atoms with Crippen LogP contribution in [0.15, 0.2) is 48.5 Å². The van der Waals surface area contributed by atoms with Crippen molar-refractivity contribution in [3.05, 3.63) is 65.4 Å². The minimum absolute atomic E-state index is 0.0844. The van der Waals surface area contributed by atoms with E-state index in [0.29, 0.717) is 12.2 Å². The van der Waals surface area contributed by atoms with Crippen molar-refractivity contribution in [2.75, 3.05) is 38.0 Å². The summed E-state index contributed by atoms with van der Waals surface area (Å²) in [5.74, 6) is 0.322. The van der Waals surface area contributed by atoms with Crippen LogP contribution in [0.4, 0.5) is 5.69 Å². The standard InChI is InChI=1S/C29H36N4O2/c1-3-31-13-15-32(16-14-31)29(35)27-19-24-18-25(30-28(34)23-9-4-5-10-23)11-12-26(24)33(27)20-22-8-6-7-21(2)17-22/h6-8,11-12,17-19,23H,3-5,9-10,13-16,20H2,1-2H3,(H,30,34). The Kier molecular flexibility index (Phi) is 6.91. The number of benzene rings is 2. The normalized spacial score (nSPS) is 17.3. The SMILES string of the molecule is CCN1CCN(C(=O)c2cc3cc(NC(=O)C4CCCC4)ccc3n2Cc2cccc(C)c2)CC1. The summed E-state index contributed by atoms with van der Waals surface area (Å²) in [7, 11) is 0. The van der Waals surface area contributed by atoms with Crippen LogP contribution in [0.5, 0.6) is 0 Å². The van der Waals surface area contributed by atoms with Gasteiger partial charge in [0, 0.05) is 55.2 Å². The van der Waals surface area contributed by atoms with Crippen molar-refractivity contribution >= 4 is 28.4 Å². The zero-order valence-electron chi connectivity index (χ0n) is 20.9. The van der Waals surface area contributed by atoms with Crippen LogP contribution in [0.25, 0.3) is 10.9 Å². The Morgan fingerprint density at radius 2 is 1.74 bits per heavy atom. The van der Waals surface area contributed by atoms with E-state index in [1.807, 2.05) is 29.2 Å². The third-order valence-electron chi connectivity index (χ3n) is 7.64. The number of nitrogens with zero attached hydrogens (tertiary/aromatic N) is 3. The lowest BCUT2D eigenvalue weighted by atomic mass is 10.1. The van der Waals surface area contributed by atoms with Crippen molar-refractivity contribution in [1.82, 2.24) is 14.4 Å². The second kappa shape index (κ2) is 10.2. The van der Waals surface area contributed by atoms with Gasteiger partial charge in [0.25, 0.3) is 5.91 Å². The van der Waals surface area contributed by atoms with Gasteiger partial charge in [0.05, 0.1) is 0 Å². The number of aromatic nitrogens is 1. The number of fused-ring (bicyclic) bond motifs is 1. The third kappa shape index (κ3) is 5.13. The lowest BCUT2D eigenvalue weighted by Gasteiger charge is -2.34. The number of carbonyl (C=O) groups is 2. The highest BCUT2D eigenvalue weighted by Gasteiger charge is 2.26. The molecule has 6 heteroatoms. The van der Waals surface area contributed by atoms with E-state index in [4.69, 9.17) is 0 Å². The van der Waals surface area contributed by atoms with Gasteiger partial charge in [0.15, 0.2) is 0 Å². The smallest absolute Gasteiger partial charge is 0.270 e. The summed E-state index contributed by atoms with van der Waals surface area (Å²) in [6.45, 7) is 9.24. The minimum atomic E-state index is 0.0844. The van der Waals surface area contributed by atoms with Gasteiger partial charge in [-0.05, 0) is 56.1 Å². The molecule has 5 rings (SSSR count). The number of amides is 2. The number of likely N-dealkylation sites (N-methyl/N-ethyl adjacent to an activating group) is 1. The third-order valence-corrected chi connectivity index (χ3v) is 7.64. The Balaban J connectivity index is 1.46. The maximum atomic E-state index is 13.7. The van der Waals surface area contributed by atoms with Crippen molar-refractivity contribution in [2.24, 2.45) is 5.92 Å². The molecule has 1 aliphatic carbocycles. The zero-order valence-corrected chi connectivity index (χ0v) is 20.9. The van der Waals surface area contributed by atoms with Crippen LogP contribution in [-0.4, -0.2) is 58.9 Å². The molecule has 0 unspecified atom stereocenters. The van der Waals surface area contributed by atoms with Crippen LogP contribution < -0.4 is 5.32 Å². The second-order valence-electron chi connectivity index (χ2n) is 10.1. The van der Waals surface area contributed by atoms with E-state index in [-0.39, 0.29) is 17.7 Å². The number of aryl methyl sites for hydroxylation is 1. The highest BCUT2D eigenvalue weighted by Crippen LogP contribution is 2.29. The fourth-order valence-electron chi connectivity index (χ4n) is 5.55. The van der Waals surface area contributed by atoms with Crippen LogP contribution in [-0.2, 0) is 11.3 Å². The second-order valence-corrected chi connectivity index (χ2v) is 10.1. The van der Waals surface area contributed by atoms with Crippen molar-refractivity contribution in [3.8, 4) is 0 Å². The van der Waals surface area contributed by atoms with E-state index in [1.165, 1.54) is 11.1 Å². The average molecular weight is 473 g/mol. The first-order valence-electron chi connectivity index (χ1n) is 13.0. The monoisotopic (exact) mass is 472 g/mol. The van der Waals surface area contributed by atoms with Gasteiger partial charge in [-0.3, -0.25) is 9.59 Å². The molecule has 184 valence electrons. The van der Waals surface area contributed by atoms with Crippen molar-refractivity contribution in [2.45, 2.75) is 46.1 Å². The summed E-state index contributed by atoms with van der Waals surface area (Å²) in [4.78, 5) is 30.7. The molecule has 0 bridgehead atoms. The van der Waals surface area contributed by atoms with Gasteiger partial charge in [-0.25, -0.2) is 0 Å². The molecular formula is C29H36N4O2. The molecule has 0 spiro atoms. The summed E-state index contributed by atoms with van der Waals surface area (Å²) in [5, 5.41) is 4.10. The molecule has 0 radical (unpaired) electrons. The van der Waals surface area contributed by atoms with E-state index in [0.717, 1.165) is 75.0 Å². The molecule has 35 heavy (non-hydrogen) atoms. The molecule has 2 amide bonds. The van der Waals surface area contributed by atoms with Gasteiger partial charge >= 0.3 is 0 Å². The number of hydrogen-bond acceptors (Lipinski definition) is 3. The Labute approximate surface area is 207 Å². The Morgan fingerprint density at radius 1 is 0.971 bits per heavy atom. The van der Waals surface area contributed by atoms with Crippen LogP contribution in [0, 0.1) is 12.8 Å². The van der Waals surface area contributed by atoms with Crippen molar-refractivity contribution in [3.63, 3.8) is 0 Å². The zero-order chi connectivity index (χ0) is 24.4. The fourth-order valence-corrected chi connectivity index (χ4v) is 5.55. The Hall–Kier alpha value is -3.12. The molecule has 1 aliphatic heterocycles. The van der Waals surface area contributed by atoms with Gasteiger partial charge < -0.3 is 19.7 Å². The highest BCUT2D eigenvalue weighted by atomic mass is 16.2. The summed E-state index contributed by atoms with van der Waals surface area (Å²) in [6.07, 6.45) is 4.23. The lowest BCUT2D eigenvalue weighted by Crippen LogP contribution is -2.48. The van der Waals surface area contributed by atoms with E-state index < -0.39 is 0 Å². The van der Waals surface area contributed by atoms with Gasteiger partial charge in [0.2, 0.25) is 5.91 Å². The van der Waals surface area contributed by atoms with E-state index >= 15 is 0 Å². The van der Waals surface area contributed by atoms with Crippen LogP contribution in [0.2, 0.25) is 0 Å². The fraction of sp³-hybridized carbons (Fsp3) is 0.448. The number of rotatable bonds is 6. The number of hydrogen-bond donors (Lipinski definition) is 1. The number of anilines is 1. The Bertz CT molecular complexity index is 1220. The first kappa shape index (κ1) is 23.6. The topological polar surface area (TPSA) is 57.6 Å². The summed E-state index contributed by atoms with van der Waals surface area (Å²) < 4.78 is 2.14. The molecule has 2 aromatic carbocycles. The van der Waals surface area contributed by atoms with Crippen LogP contribution in [0.1, 0.15) is 54.2 Å². The first-order valence-corrected chi connectivity index (χ1v) is 13.0. The lowest BCUT2D eigenvalue weighted by molar-refractivity contribution is -0.119. The van der Waals surface area contributed by atoms with E-state index in [2.05, 4.69) is 52.9 Å². The van der Waals surface area contributed by atoms with Gasteiger partial charge in [0.1, 0.15) is 5.69 Å². The molecule has 2 fully saturated rings. The van der Waals surface area contributed by atoms with Crippen LogP contribution in [0.3, 0.4) is 0 Å². The van der Waals surface area contributed by atoms with Crippen molar-refractivity contribution < 1.29 is 9.59 Å². The van der Waals surface area contributed by atoms with Crippen LogP contribution >= 0.6 is 0 Å². The summed E-state index contributed by atoms with van der Waals surface area (Å²) in [5.41, 5.74) is 4.91. The predicted molar refractivity (Wildman–Crippen MR) is 141 cm³/mol. The number of carbonyl (C=O) groups excluding carboxylic acids is 2. The first-order chi connectivity index (χ1) is 17.0. The Morgan fingerprint density at radius 3 is 2.46 bits per heavy atom. The molecule has 6 nitrogen and oxygen atoms in total. The molecule has 2 aliphatic rings. The van der Waals surface area contributed by atoms with Gasteiger partial charge in [-0.15, -0.1) is 0 Å². The average Bonchev–Trinajstić information content (AvgIpc) is 3.53. The summed E-state index contributed by atoms with van der Waals surface area (Å²) in [6, 6.07) is 16.5. The van der Waals surface area contributed by atoms with Gasteiger partial charge in [-0.1, -0.05) is 49.6 Å². The maximum Gasteiger partial charge on any atom is 0.270 e. The molecule has 1 saturated heterocycles. The van der Waals surface area contributed by atoms with Gasteiger partial charge in [-0.2, -0.15) is 0 Å². The summed E-state index contributed by atoms with van der Waals surface area (Å²) >= 11 is 0. The van der Waals surface area contributed by atoms with E-state index in [1.54, 1.807) is 0 Å². The molecule has 2 heterocycles. The predicted octanol–water partition coefficient (Wildman–Crippen LogP) is 4.90. The molecule has 1 saturated carbocycles. The molecule has 0 atom stereocenters.